The minimum absolute atomic E-state index is 0.0102. The van der Waals surface area contributed by atoms with Gasteiger partial charge in [-0.3, -0.25) is 4.79 Å². The summed E-state index contributed by atoms with van der Waals surface area (Å²) in [5.41, 5.74) is 2.25. The molecular weight excluding hydrogens is 324 g/mol. The zero-order valence-electron chi connectivity index (χ0n) is 13.5. The molecule has 6 heteroatoms. The second kappa shape index (κ2) is 6.81. The Morgan fingerprint density at radius 2 is 2.00 bits per heavy atom. The summed E-state index contributed by atoms with van der Waals surface area (Å²) >= 11 is 1.62. The maximum atomic E-state index is 12.2. The number of amides is 1. The van der Waals surface area contributed by atoms with Crippen LogP contribution in [0.25, 0.3) is 0 Å². The third-order valence-corrected chi connectivity index (χ3v) is 5.41. The maximum absolute atomic E-state index is 12.2. The first kappa shape index (κ1) is 15.4. The molecule has 5 nitrogen and oxygen atoms in total. The normalized spacial score (nSPS) is 15.7. The van der Waals surface area contributed by atoms with Gasteiger partial charge >= 0.3 is 0 Å². The van der Waals surface area contributed by atoms with Crippen LogP contribution in [0.15, 0.2) is 18.2 Å². The van der Waals surface area contributed by atoms with Crippen LogP contribution in [-0.2, 0) is 24.1 Å². The van der Waals surface area contributed by atoms with Crippen molar-refractivity contribution in [1.29, 1.82) is 0 Å². The molecule has 0 atom stereocenters. The van der Waals surface area contributed by atoms with Crippen molar-refractivity contribution in [3.8, 4) is 11.5 Å². The molecule has 0 saturated carbocycles. The Morgan fingerprint density at radius 1 is 1.17 bits per heavy atom. The van der Waals surface area contributed by atoms with Crippen LogP contribution in [0, 0.1) is 0 Å². The fourth-order valence-corrected chi connectivity index (χ4v) is 4.15. The third-order valence-electron chi connectivity index (χ3n) is 4.34. The number of aryl methyl sites for hydroxylation is 3. The topological polar surface area (TPSA) is 60.5 Å². The molecule has 126 valence electrons. The number of thiazole rings is 1. The Labute approximate surface area is 145 Å². The molecule has 1 aliphatic heterocycles. The van der Waals surface area contributed by atoms with Gasteiger partial charge in [0.15, 0.2) is 16.6 Å². The number of rotatable bonds is 4. The predicted molar refractivity (Wildman–Crippen MR) is 93.1 cm³/mol. The lowest BCUT2D eigenvalue weighted by Gasteiger charge is -2.18. The average molecular weight is 344 g/mol. The van der Waals surface area contributed by atoms with E-state index in [1.165, 1.54) is 23.4 Å². The summed E-state index contributed by atoms with van der Waals surface area (Å²) in [6, 6.07) is 5.86. The molecule has 1 aliphatic carbocycles. The lowest BCUT2D eigenvalue weighted by Crippen LogP contribution is -2.15. The molecule has 1 aromatic carbocycles. The molecule has 1 amide bonds. The number of hydrogen-bond acceptors (Lipinski definition) is 5. The highest BCUT2D eigenvalue weighted by atomic mass is 32.1. The van der Waals surface area contributed by atoms with E-state index in [-0.39, 0.29) is 5.91 Å². The Morgan fingerprint density at radius 3 is 2.88 bits per heavy atom. The number of benzene rings is 1. The molecule has 0 bridgehead atoms. The summed E-state index contributed by atoms with van der Waals surface area (Å²) in [6.07, 6.45) is 5.68. The van der Waals surface area contributed by atoms with E-state index in [0.717, 1.165) is 35.0 Å². The number of anilines is 1. The molecule has 24 heavy (non-hydrogen) atoms. The van der Waals surface area contributed by atoms with Crippen molar-refractivity contribution in [3.63, 3.8) is 0 Å². The van der Waals surface area contributed by atoms with Gasteiger partial charge in [0.2, 0.25) is 5.91 Å². The Balaban J connectivity index is 1.34. The number of carbonyl (C=O) groups is 1. The second-order valence-corrected chi connectivity index (χ2v) is 7.21. The monoisotopic (exact) mass is 344 g/mol. The van der Waals surface area contributed by atoms with E-state index >= 15 is 0 Å². The highest BCUT2D eigenvalue weighted by Crippen LogP contribution is 2.31. The zero-order valence-corrected chi connectivity index (χ0v) is 14.3. The zero-order chi connectivity index (χ0) is 16.4. The summed E-state index contributed by atoms with van der Waals surface area (Å²) in [7, 11) is 0. The van der Waals surface area contributed by atoms with Gasteiger partial charge in [-0.1, -0.05) is 6.07 Å². The van der Waals surface area contributed by atoms with Gasteiger partial charge in [-0.2, -0.15) is 0 Å². The summed E-state index contributed by atoms with van der Waals surface area (Å²) in [4.78, 5) is 18.1. The molecule has 2 heterocycles. The molecule has 1 N–H and O–H groups in total. The fourth-order valence-electron chi connectivity index (χ4n) is 3.09. The highest BCUT2D eigenvalue weighted by Gasteiger charge is 2.17. The second-order valence-electron chi connectivity index (χ2n) is 6.12. The summed E-state index contributed by atoms with van der Waals surface area (Å²) < 4.78 is 11.1. The standard InChI is InChI=1S/C18H20N2O3S/c21-17(20-18-19-13-3-1-2-4-16(13)24-18)8-6-12-5-7-14-15(11-12)23-10-9-22-14/h5,7,11H,1-4,6,8-10H2,(H,19,20,21). The third kappa shape index (κ3) is 3.38. The quantitative estimate of drug-likeness (QED) is 0.924. The number of nitrogens with zero attached hydrogens (tertiary/aromatic N) is 1. The number of nitrogens with one attached hydrogen (secondary N) is 1. The first-order valence-electron chi connectivity index (χ1n) is 8.45. The summed E-state index contributed by atoms with van der Waals surface area (Å²) in [5.74, 6) is 1.56. The van der Waals surface area contributed by atoms with Crippen LogP contribution in [0.3, 0.4) is 0 Å². The summed E-state index contributed by atoms with van der Waals surface area (Å²) in [6.45, 7) is 1.16. The van der Waals surface area contributed by atoms with Crippen LogP contribution in [0.5, 0.6) is 11.5 Å². The van der Waals surface area contributed by atoms with E-state index in [1.807, 2.05) is 18.2 Å². The maximum Gasteiger partial charge on any atom is 0.226 e. The first-order chi connectivity index (χ1) is 11.8. The van der Waals surface area contributed by atoms with Crippen LogP contribution < -0.4 is 14.8 Å². The molecule has 0 radical (unpaired) electrons. The van der Waals surface area contributed by atoms with Crippen molar-refractivity contribution in [2.75, 3.05) is 18.5 Å². The van der Waals surface area contributed by atoms with E-state index in [2.05, 4.69) is 10.3 Å². The van der Waals surface area contributed by atoms with Gasteiger partial charge in [-0.25, -0.2) is 4.98 Å². The van der Waals surface area contributed by atoms with Gasteiger partial charge in [-0.05, 0) is 49.8 Å². The molecule has 0 fully saturated rings. The van der Waals surface area contributed by atoms with Crippen molar-refractivity contribution in [1.82, 2.24) is 4.98 Å². The van der Waals surface area contributed by atoms with Crippen LogP contribution in [0.1, 0.15) is 35.4 Å². The van der Waals surface area contributed by atoms with Gasteiger partial charge in [0, 0.05) is 11.3 Å². The summed E-state index contributed by atoms with van der Waals surface area (Å²) in [5, 5.41) is 3.69. The molecule has 0 unspecified atom stereocenters. The average Bonchev–Trinajstić information content (AvgIpc) is 3.02. The Kier molecular flexibility index (Phi) is 4.38. The molecular formula is C18H20N2O3S. The number of carbonyl (C=O) groups excluding carboxylic acids is 1. The fraction of sp³-hybridized carbons (Fsp3) is 0.444. The van der Waals surface area contributed by atoms with E-state index in [4.69, 9.17) is 9.47 Å². The molecule has 2 aromatic rings. The first-order valence-corrected chi connectivity index (χ1v) is 9.26. The van der Waals surface area contributed by atoms with E-state index in [9.17, 15) is 4.79 Å². The lowest BCUT2D eigenvalue weighted by atomic mass is 10.0. The number of ether oxygens (including phenoxy) is 2. The van der Waals surface area contributed by atoms with Gasteiger partial charge in [0.25, 0.3) is 0 Å². The Bertz CT molecular complexity index is 733. The van der Waals surface area contributed by atoms with Crippen molar-refractivity contribution in [3.05, 3.63) is 34.3 Å². The largest absolute Gasteiger partial charge is 0.486 e. The van der Waals surface area contributed by atoms with Gasteiger partial charge < -0.3 is 14.8 Å². The highest BCUT2D eigenvalue weighted by molar-refractivity contribution is 7.15. The minimum Gasteiger partial charge on any atom is -0.486 e. The molecule has 1 aromatic heterocycles. The van der Waals surface area contributed by atoms with E-state index in [1.54, 1.807) is 11.3 Å². The van der Waals surface area contributed by atoms with Gasteiger partial charge in [0.1, 0.15) is 13.2 Å². The van der Waals surface area contributed by atoms with Crippen molar-refractivity contribution >= 4 is 22.4 Å². The SMILES string of the molecule is O=C(CCc1ccc2c(c1)OCCO2)Nc1nc2c(s1)CCCC2. The lowest BCUT2D eigenvalue weighted by molar-refractivity contribution is -0.116. The molecule has 4 rings (SSSR count). The van der Waals surface area contributed by atoms with Crippen LogP contribution in [-0.4, -0.2) is 24.1 Å². The van der Waals surface area contributed by atoms with Crippen molar-refractivity contribution in [2.45, 2.75) is 38.5 Å². The molecule has 0 saturated heterocycles. The number of hydrogen-bond donors (Lipinski definition) is 1. The molecule has 0 spiro atoms. The van der Waals surface area contributed by atoms with E-state index in [0.29, 0.717) is 26.1 Å². The van der Waals surface area contributed by atoms with Crippen LogP contribution >= 0.6 is 11.3 Å². The van der Waals surface area contributed by atoms with Gasteiger partial charge in [0.05, 0.1) is 5.69 Å². The smallest absolute Gasteiger partial charge is 0.226 e. The van der Waals surface area contributed by atoms with Crippen molar-refractivity contribution in [2.24, 2.45) is 0 Å². The van der Waals surface area contributed by atoms with Gasteiger partial charge in [-0.15, -0.1) is 11.3 Å². The number of fused-ring (bicyclic) bond motifs is 2. The predicted octanol–water partition coefficient (Wildman–Crippen LogP) is 3.36. The minimum atomic E-state index is 0.0102. The number of aromatic nitrogens is 1. The molecule has 2 aliphatic rings. The Hall–Kier alpha value is -2.08. The van der Waals surface area contributed by atoms with Crippen LogP contribution in [0.2, 0.25) is 0 Å². The van der Waals surface area contributed by atoms with Crippen LogP contribution in [0.4, 0.5) is 5.13 Å². The van der Waals surface area contributed by atoms with E-state index < -0.39 is 0 Å². The van der Waals surface area contributed by atoms with Crippen molar-refractivity contribution < 1.29 is 14.3 Å².